The van der Waals surface area contributed by atoms with Gasteiger partial charge in [0.15, 0.2) is 5.75 Å². The number of hydrogen-bond acceptors (Lipinski definition) is 6. The fraction of sp³-hybridized carbons (Fsp3) is 0.375. The molecule has 0 unspecified atom stereocenters. The summed E-state index contributed by atoms with van der Waals surface area (Å²) in [6, 6.07) is 9.98. The van der Waals surface area contributed by atoms with Crippen LogP contribution in [-0.4, -0.2) is 50.8 Å². The molecule has 0 saturated heterocycles. The van der Waals surface area contributed by atoms with Gasteiger partial charge < -0.3 is 19.5 Å². The van der Waals surface area contributed by atoms with Crippen molar-refractivity contribution < 1.29 is 27.8 Å². The highest BCUT2D eigenvalue weighted by Gasteiger charge is 2.45. The lowest BCUT2D eigenvalue weighted by atomic mass is 10.0. The molecule has 9 heteroatoms. The Labute approximate surface area is 193 Å². The number of nitrogens with zero attached hydrogens (tertiary/aromatic N) is 1. The van der Waals surface area contributed by atoms with Gasteiger partial charge in [-0.15, -0.1) is 0 Å². The zero-order valence-electron chi connectivity index (χ0n) is 18.7. The third-order valence-electron chi connectivity index (χ3n) is 6.10. The molecule has 0 amide bonds. The molecular formula is C24H28N2O6S. The van der Waals surface area contributed by atoms with Gasteiger partial charge in [-0.25, -0.2) is 13.2 Å². The van der Waals surface area contributed by atoms with Crippen LogP contribution in [0.1, 0.15) is 37.3 Å². The molecule has 0 bridgehead atoms. The summed E-state index contributed by atoms with van der Waals surface area (Å²) in [4.78, 5) is 13.6. The maximum atomic E-state index is 13.3. The number of sulfonamides is 1. The van der Waals surface area contributed by atoms with E-state index >= 15 is 0 Å². The normalized spacial score (nSPS) is 19.0. The van der Waals surface area contributed by atoms with Gasteiger partial charge in [-0.2, -0.15) is 0 Å². The molecule has 0 aromatic heterocycles. The first-order valence-electron chi connectivity index (χ1n) is 11.0. The number of ether oxygens (including phenoxy) is 2. The third kappa shape index (κ3) is 4.99. The lowest BCUT2D eigenvalue weighted by Gasteiger charge is -2.21. The van der Waals surface area contributed by atoms with Gasteiger partial charge in [0.1, 0.15) is 0 Å². The molecule has 2 atom stereocenters. The Morgan fingerprint density at radius 1 is 1.24 bits per heavy atom. The summed E-state index contributed by atoms with van der Waals surface area (Å²) >= 11 is 0. The summed E-state index contributed by atoms with van der Waals surface area (Å²) in [5.74, 6) is 0.896. The van der Waals surface area contributed by atoms with Gasteiger partial charge in [0, 0.05) is 18.0 Å². The summed E-state index contributed by atoms with van der Waals surface area (Å²) in [7, 11) is -4.04. The van der Waals surface area contributed by atoms with E-state index in [9.17, 15) is 18.3 Å². The van der Waals surface area contributed by atoms with E-state index in [4.69, 9.17) is 9.47 Å². The van der Waals surface area contributed by atoms with Crippen LogP contribution in [0.25, 0.3) is 6.08 Å². The Morgan fingerprint density at radius 2 is 2.00 bits per heavy atom. The number of hydrogen-bond donors (Lipinski definition) is 2. The van der Waals surface area contributed by atoms with E-state index < -0.39 is 16.2 Å². The van der Waals surface area contributed by atoms with Crippen molar-refractivity contribution >= 4 is 27.9 Å². The average molecular weight is 473 g/mol. The maximum absolute atomic E-state index is 13.3. The second-order valence-electron chi connectivity index (χ2n) is 8.17. The molecule has 1 aliphatic heterocycles. The number of anilines is 1. The Hall–Kier alpha value is -3.04. The molecule has 176 valence electrons. The lowest BCUT2D eigenvalue weighted by Crippen LogP contribution is -2.22. The Bertz CT molecular complexity index is 1170. The summed E-state index contributed by atoms with van der Waals surface area (Å²) < 4.78 is 39.9. The van der Waals surface area contributed by atoms with Crippen LogP contribution in [-0.2, 0) is 10.0 Å². The Kier molecular flexibility index (Phi) is 6.62. The highest BCUT2D eigenvalue weighted by atomic mass is 32.2. The minimum atomic E-state index is -4.04. The van der Waals surface area contributed by atoms with Crippen LogP contribution in [0.5, 0.6) is 11.5 Å². The molecule has 8 nitrogen and oxygen atoms in total. The smallest absolute Gasteiger partial charge is 0.489 e. The second-order valence-corrected chi connectivity index (χ2v) is 9.82. The quantitative estimate of drug-likeness (QED) is 0.412. The van der Waals surface area contributed by atoms with Crippen LogP contribution in [0.4, 0.5) is 10.5 Å². The molecule has 2 aromatic rings. The first kappa shape index (κ1) is 23.1. The minimum Gasteiger partial charge on any atom is -0.489 e. The van der Waals surface area contributed by atoms with Crippen molar-refractivity contribution in [2.24, 2.45) is 5.92 Å². The zero-order chi connectivity index (χ0) is 23.6. The number of fused-ring (bicyclic) bond motifs is 3. The van der Waals surface area contributed by atoms with Gasteiger partial charge in [-0.05, 0) is 43.1 Å². The van der Waals surface area contributed by atoms with Gasteiger partial charge in [0.25, 0.3) is 10.0 Å². The molecule has 2 N–H and O–H groups in total. The van der Waals surface area contributed by atoms with Crippen LogP contribution in [0.15, 0.2) is 47.4 Å². The van der Waals surface area contributed by atoms with Crippen LogP contribution < -0.4 is 14.2 Å². The largest absolute Gasteiger partial charge is 0.511 e. The van der Waals surface area contributed by atoms with Crippen LogP contribution in [0, 0.1) is 5.92 Å². The summed E-state index contributed by atoms with van der Waals surface area (Å²) in [6.07, 6.45) is 3.15. The van der Waals surface area contributed by atoms with Gasteiger partial charge in [-0.3, -0.25) is 4.72 Å². The summed E-state index contributed by atoms with van der Waals surface area (Å²) in [5.41, 5.74) is 1.41. The molecule has 2 aromatic carbocycles. The standard InChI is InChI=1S/C24H28N2O6S/c1-3-26(4-2)13-7-9-16-8-5-6-10-21(16)33(29,30)25-20-12-11-18-19-14-17(19)15-31-22(18)23(20)32-24(27)28/h5-12,17,19,25H,3-4,13-15H2,1-2H3,(H,27,28)/b9-7-/t17-,19-/m0/s1. The molecule has 2 aliphatic rings. The Balaban J connectivity index is 1.65. The van der Waals surface area contributed by atoms with E-state index in [-0.39, 0.29) is 16.3 Å². The van der Waals surface area contributed by atoms with E-state index in [1.165, 1.54) is 12.1 Å². The molecular weight excluding hydrogens is 444 g/mol. The van der Waals surface area contributed by atoms with Crippen molar-refractivity contribution in [2.75, 3.05) is 31.0 Å². The third-order valence-corrected chi connectivity index (χ3v) is 7.54. The van der Waals surface area contributed by atoms with Crippen LogP contribution >= 0.6 is 0 Å². The lowest BCUT2D eigenvalue weighted by molar-refractivity contribution is 0.141. The first-order valence-corrected chi connectivity index (χ1v) is 12.5. The fourth-order valence-corrected chi connectivity index (χ4v) is 5.43. The molecule has 1 aliphatic carbocycles. The second kappa shape index (κ2) is 9.44. The van der Waals surface area contributed by atoms with Crippen molar-refractivity contribution in [2.45, 2.75) is 31.1 Å². The van der Waals surface area contributed by atoms with Gasteiger partial charge in [-0.1, -0.05) is 50.3 Å². The SMILES string of the molecule is CCN(CC)C/C=C\c1ccccc1S(=O)(=O)Nc1ccc2c(c1OC(=O)O)OC[C@@H]1C[C@H]21. The van der Waals surface area contributed by atoms with E-state index in [0.29, 0.717) is 36.3 Å². The van der Waals surface area contributed by atoms with Crippen molar-refractivity contribution in [3.63, 3.8) is 0 Å². The predicted molar refractivity (Wildman–Crippen MR) is 126 cm³/mol. The maximum Gasteiger partial charge on any atom is 0.511 e. The summed E-state index contributed by atoms with van der Waals surface area (Å²) in [6.45, 7) is 7.11. The number of nitrogens with one attached hydrogen (secondary N) is 1. The van der Waals surface area contributed by atoms with Crippen molar-refractivity contribution in [1.29, 1.82) is 0 Å². The first-order chi connectivity index (χ1) is 15.8. The fourth-order valence-electron chi connectivity index (χ4n) is 4.16. The van der Waals surface area contributed by atoms with Crippen LogP contribution in [0.3, 0.4) is 0 Å². The molecule has 0 radical (unpaired) electrons. The highest BCUT2D eigenvalue weighted by molar-refractivity contribution is 7.92. The number of benzene rings is 2. The number of rotatable bonds is 9. The van der Waals surface area contributed by atoms with E-state index in [1.54, 1.807) is 30.3 Å². The average Bonchev–Trinajstić information content (AvgIpc) is 3.58. The minimum absolute atomic E-state index is 0.0252. The number of carbonyl (C=O) groups is 1. The van der Waals surface area contributed by atoms with Crippen molar-refractivity contribution in [3.8, 4) is 11.5 Å². The number of carboxylic acid groups (broad SMARTS) is 1. The molecule has 1 heterocycles. The Morgan fingerprint density at radius 3 is 2.73 bits per heavy atom. The van der Waals surface area contributed by atoms with Gasteiger partial charge in [0.05, 0.1) is 17.2 Å². The van der Waals surface area contributed by atoms with E-state index in [2.05, 4.69) is 23.5 Å². The molecule has 4 rings (SSSR count). The molecule has 1 fully saturated rings. The molecule has 1 saturated carbocycles. The predicted octanol–water partition coefficient (Wildman–Crippen LogP) is 4.40. The molecule has 0 spiro atoms. The summed E-state index contributed by atoms with van der Waals surface area (Å²) in [5, 5.41) is 9.24. The van der Waals surface area contributed by atoms with Crippen molar-refractivity contribution in [1.82, 2.24) is 4.90 Å². The monoisotopic (exact) mass is 472 g/mol. The highest BCUT2D eigenvalue weighted by Crippen LogP contribution is 2.57. The van der Waals surface area contributed by atoms with Gasteiger partial charge in [0.2, 0.25) is 5.75 Å². The molecule has 33 heavy (non-hydrogen) atoms. The van der Waals surface area contributed by atoms with E-state index in [1.807, 2.05) is 6.08 Å². The topological polar surface area (TPSA) is 105 Å². The zero-order valence-corrected chi connectivity index (χ0v) is 19.5. The number of likely N-dealkylation sites (N-methyl/N-ethyl adjacent to an activating group) is 1. The van der Waals surface area contributed by atoms with Crippen molar-refractivity contribution in [3.05, 3.63) is 53.6 Å². The van der Waals surface area contributed by atoms with Crippen LogP contribution in [0.2, 0.25) is 0 Å². The van der Waals surface area contributed by atoms with Gasteiger partial charge >= 0.3 is 6.16 Å². The van der Waals surface area contributed by atoms with E-state index in [0.717, 1.165) is 25.1 Å².